The number of aromatic nitrogens is 1. The number of anilines is 1. The molecule has 3 nitrogen and oxygen atoms in total. The highest BCUT2D eigenvalue weighted by atomic mass is 14.8. The largest absolute Gasteiger partial charge is 0.387 e. The van der Waals surface area contributed by atoms with E-state index in [0.717, 1.165) is 11.3 Å². The van der Waals surface area contributed by atoms with E-state index in [1.54, 1.807) is 12.4 Å². The van der Waals surface area contributed by atoms with Crippen LogP contribution in [0.3, 0.4) is 0 Å². The van der Waals surface area contributed by atoms with Crippen LogP contribution in [0.4, 0.5) is 5.69 Å². The average Bonchev–Trinajstić information content (AvgIpc) is 2.05. The maximum absolute atomic E-state index is 5.41. The van der Waals surface area contributed by atoms with Gasteiger partial charge in [0.05, 0.1) is 5.69 Å². The third-order valence-electron chi connectivity index (χ3n) is 1.32. The minimum atomic E-state index is 0.544. The maximum Gasteiger partial charge on any atom is 0.0527 e. The fraction of sp³-hybridized carbons (Fsp3) is 0.286. The summed E-state index contributed by atoms with van der Waals surface area (Å²) in [6, 6.07) is 1.98. The highest BCUT2D eigenvalue weighted by molar-refractivity contribution is 5.41. The van der Waals surface area contributed by atoms with E-state index in [2.05, 4.69) is 10.3 Å². The molecule has 0 fully saturated rings. The van der Waals surface area contributed by atoms with Crippen molar-refractivity contribution >= 4 is 5.69 Å². The van der Waals surface area contributed by atoms with E-state index in [9.17, 15) is 0 Å². The first-order valence-electron chi connectivity index (χ1n) is 3.18. The van der Waals surface area contributed by atoms with E-state index < -0.39 is 0 Å². The van der Waals surface area contributed by atoms with Crippen LogP contribution in [0.5, 0.6) is 0 Å². The third kappa shape index (κ3) is 1.45. The molecule has 0 unspecified atom stereocenters. The monoisotopic (exact) mass is 137 g/mol. The second-order valence-corrected chi connectivity index (χ2v) is 2.04. The summed E-state index contributed by atoms with van der Waals surface area (Å²) >= 11 is 0. The first-order valence-corrected chi connectivity index (χ1v) is 3.18. The number of hydrogen-bond donors (Lipinski definition) is 2. The van der Waals surface area contributed by atoms with Crippen LogP contribution in [-0.2, 0) is 6.54 Å². The van der Waals surface area contributed by atoms with Gasteiger partial charge in [-0.15, -0.1) is 0 Å². The quantitative estimate of drug-likeness (QED) is 0.627. The van der Waals surface area contributed by atoms with Crippen LogP contribution >= 0.6 is 0 Å². The molecule has 0 aromatic carbocycles. The lowest BCUT2D eigenvalue weighted by molar-refractivity contribution is 1.05. The van der Waals surface area contributed by atoms with Crippen molar-refractivity contribution in [2.24, 2.45) is 5.73 Å². The molecule has 0 amide bonds. The summed E-state index contributed by atoms with van der Waals surface area (Å²) in [5, 5.41) is 2.98. The molecular formula is C7H11N3. The first kappa shape index (κ1) is 7.02. The van der Waals surface area contributed by atoms with Crippen molar-refractivity contribution < 1.29 is 0 Å². The molecule has 1 aromatic heterocycles. The van der Waals surface area contributed by atoms with Crippen LogP contribution in [0.25, 0.3) is 0 Å². The highest BCUT2D eigenvalue weighted by Crippen LogP contribution is 2.05. The van der Waals surface area contributed by atoms with Crippen LogP contribution < -0.4 is 11.1 Å². The molecule has 1 rings (SSSR count). The Morgan fingerprint density at radius 3 is 3.00 bits per heavy atom. The molecule has 0 aliphatic heterocycles. The molecule has 0 aliphatic rings. The summed E-state index contributed by atoms with van der Waals surface area (Å²) in [6.07, 6.45) is 3.53. The molecule has 54 valence electrons. The summed E-state index contributed by atoms with van der Waals surface area (Å²) in [5.74, 6) is 0. The van der Waals surface area contributed by atoms with Crippen molar-refractivity contribution in [3.8, 4) is 0 Å². The van der Waals surface area contributed by atoms with Gasteiger partial charge in [-0.1, -0.05) is 0 Å². The van der Waals surface area contributed by atoms with Gasteiger partial charge in [-0.25, -0.2) is 0 Å². The zero-order chi connectivity index (χ0) is 7.40. The lowest BCUT2D eigenvalue weighted by atomic mass is 10.3. The first-order chi connectivity index (χ1) is 4.86. The highest BCUT2D eigenvalue weighted by Gasteiger charge is 1.90. The van der Waals surface area contributed by atoms with E-state index >= 15 is 0 Å². The van der Waals surface area contributed by atoms with Crippen LogP contribution in [0.2, 0.25) is 0 Å². The summed E-state index contributed by atoms with van der Waals surface area (Å²) in [7, 11) is 1.86. The standard InChI is InChI=1S/C7H11N3/c1-9-7-2-6(3-8)4-10-5-7/h2,4-5,9H,3,8H2,1H3. The minimum absolute atomic E-state index is 0.544. The van der Waals surface area contributed by atoms with E-state index in [4.69, 9.17) is 5.73 Å². The molecule has 1 heterocycles. The van der Waals surface area contributed by atoms with Gasteiger partial charge in [-0.3, -0.25) is 4.98 Å². The van der Waals surface area contributed by atoms with Crippen LogP contribution in [-0.4, -0.2) is 12.0 Å². The Kier molecular flexibility index (Phi) is 2.23. The smallest absolute Gasteiger partial charge is 0.0527 e. The van der Waals surface area contributed by atoms with Gasteiger partial charge >= 0.3 is 0 Å². The number of hydrogen-bond acceptors (Lipinski definition) is 3. The second-order valence-electron chi connectivity index (χ2n) is 2.04. The second kappa shape index (κ2) is 3.17. The molecule has 3 N–H and O–H groups in total. The van der Waals surface area contributed by atoms with Gasteiger partial charge in [0.1, 0.15) is 0 Å². The summed E-state index contributed by atoms with van der Waals surface area (Å²) in [4.78, 5) is 3.98. The Bertz CT molecular complexity index is 191. The van der Waals surface area contributed by atoms with Gasteiger partial charge in [0.2, 0.25) is 0 Å². The third-order valence-corrected chi connectivity index (χ3v) is 1.32. The summed E-state index contributed by atoms with van der Waals surface area (Å²) in [5.41, 5.74) is 7.46. The number of rotatable bonds is 2. The summed E-state index contributed by atoms with van der Waals surface area (Å²) in [6.45, 7) is 0.544. The van der Waals surface area contributed by atoms with Gasteiger partial charge in [0, 0.05) is 26.0 Å². The van der Waals surface area contributed by atoms with Gasteiger partial charge < -0.3 is 11.1 Å². The lowest BCUT2D eigenvalue weighted by Gasteiger charge is -1.99. The Morgan fingerprint density at radius 2 is 2.40 bits per heavy atom. The molecule has 0 bridgehead atoms. The Hall–Kier alpha value is -1.09. The molecule has 0 radical (unpaired) electrons. The average molecular weight is 137 g/mol. The van der Waals surface area contributed by atoms with E-state index in [1.807, 2.05) is 13.1 Å². The normalized spacial score (nSPS) is 9.40. The molecule has 0 saturated carbocycles. The van der Waals surface area contributed by atoms with Crippen LogP contribution in [0, 0.1) is 0 Å². The van der Waals surface area contributed by atoms with Crippen molar-refractivity contribution in [2.45, 2.75) is 6.54 Å². The van der Waals surface area contributed by atoms with E-state index in [-0.39, 0.29) is 0 Å². The number of nitrogens with zero attached hydrogens (tertiary/aromatic N) is 1. The number of nitrogens with one attached hydrogen (secondary N) is 1. The Morgan fingerprint density at radius 1 is 1.60 bits per heavy atom. The number of nitrogens with two attached hydrogens (primary N) is 1. The van der Waals surface area contributed by atoms with Crippen molar-refractivity contribution in [2.75, 3.05) is 12.4 Å². The van der Waals surface area contributed by atoms with E-state index in [0.29, 0.717) is 6.54 Å². The van der Waals surface area contributed by atoms with Crippen LogP contribution in [0.15, 0.2) is 18.5 Å². The fourth-order valence-electron chi connectivity index (χ4n) is 0.736. The lowest BCUT2D eigenvalue weighted by Crippen LogP contribution is -1.98. The van der Waals surface area contributed by atoms with Crippen LogP contribution in [0.1, 0.15) is 5.56 Å². The van der Waals surface area contributed by atoms with Crippen molar-refractivity contribution in [3.63, 3.8) is 0 Å². The molecule has 3 heteroatoms. The molecule has 1 aromatic rings. The minimum Gasteiger partial charge on any atom is -0.387 e. The zero-order valence-corrected chi connectivity index (χ0v) is 5.96. The molecule has 0 atom stereocenters. The van der Waals surface area contributed by atoms with Gasteiger partial charge in [0.25, 0.3) is 0 Å². The number of pyridine rings is 1. The fourth-order valence-corrected chi connectivity index (χ4v) is 0.736. The van der Waals surface area contributed by atoms with Crippen molar-refractivity contribution in [1.29, 1.82) is 0 Å². The van der Waals surface area contributed by atoms with E-state index in [1.165, 1.54) is 0 Å². The molecule has 0 aliphatic carbocycles. The molecule has 0 spiro atoms. The van der Waals surface area contributed by atoms with Gasteiger partial charge in [-0.05, 0) is 11.6 Å². The Labute approximate surface area is 60.3 Å². The topological polar surface area (TPSA) is 50.9 Å². The van der Waals surface area contributed by atoms with Gasteiger partial charge in [-0.2, -0.15) is 0 Å². The maximum atomic E-state index is 5.41. The van der Waals surface area contributed by atoms with Crippen molar-refractivity contribution in [1.82, 2.24) is 4.98 Å². The molecular weight excluding hydrogens is 126 g/mol. The predicted octanol–water partition coefficient (Wildman–Crippen LogP) is 0.582. The Balaban J connectivity index is 2.87. The molecule has 10 heavy (non-hydrogen) atoms. The van der Waals surface area contributed by atoms with Crippen molar-refractivity contribution in [3.05, 3.63) is 24.0 Å². The zero-order valence-electron chi connectivity index (χ0n) is 5.96. The molecule has 0 saturated heterocycles. The van der Waals surface area contributed by atoms with Gasteiger partial charge in [0.15, 0.2) is 0 Å². The summed E-state index contributed by atoms with van der Waals surface area (Å²) < 4.78 is 0. The SMILES string of the molecule is CNc1cncc(CN)c1. The predicted molar refractivity (Wildman–Crippen MR) is 41.7 cm³/mol.